The Morgan fingerprint density at radius 1 is 1.28 bits per heavy atom. The van der Waals surface area contributed by atoms with E-state index in [1.807, 2.05) is 22.8 Å². The van der Waals surface area contributed by atoms with Gasteiger partial charge >= 0.3 is 0 Å². The van der Waals surface area contributed by atoms with Gasteiger partial charge in [0.25, 0.3) is 0 Å². The Morgan fingerprint density at radius 3 is 2.92 bits per heavy atom. The van der Waals surface area contributed by atoms with Crippen molar-refractivity contribution in [2.24, 2.45) is 4.99 Å². The molecule has 0 spiro atoms. The first kappa shape index (κ1) is 17.1. The summed E-state index contributed by atoms with van der Waals surface area (Å²) < 4.78 is 13.4. The lowest BCUT2D eigenvalue weighted by Gasteiger charge is -2.14. The lowest BCUT2D eigenvalue weighted by molar-refractivity contribution is 0.297. The van der Waals surface area contributed by atoms with Crippen LogP contribution in [0.3, 0.4) is 0 Å². The highest BCUT2D eigenvalue weighted by atomic mass is 16.5. The van der Waals surface area contributed by atoms with Crippen LogP contribution in [0.5, 0.6) is 11.5 Å². The molecule has 2 heterocycles. The first-order valence-corrected chi connectivity index (χ1v) is 8.54. The van der Waals surface area contributed by atoms with E-state index < -0.39 is 0 Å². The van der Waals surface area contributed by atoms with Crippen LogP contribution in [0.25, 0.3) is 0 Å². The first-order valence-electron chi connectivity index (χ1n) is 8.54. The van der Waals surface area contributed by atoms with Crippen molar-refractivity contribution in [1.29, 1.82) is 0 Å². The van der Waals surface area contributed by atoms with Gasteiger partial charge in [0.15, 0.2) is 17.5 Å². The van der Waals surface area contributed by atoms with Crippen LogP contribution in [-0.4, -0.2) is 47.5 Å². The van der Waals surface area contributed by atoms with E-state index in [1.54, 1.807) is 13.4 Å². The number of guanidine groups is 1. The van der Waals surface area contributed by atoms with Crippen LogP contribution in [0, 0.1) is 0 Å². The second-order valence-electron chi connectivity index (χ2n) is 5.63. The fraction of sp³-hybridized carbons (Fsp3) is 0.471. The third-order valence-corrected chi connectivity index (χ3v) is 3.89. The second kappa shape index (κ2) is 8.36. The van der Waals surface area contributed by atoms with Crippen LogP contribution in [-0.2, 0) is 13.0 Å². The monoisotopic (exact) mass is 344 g/mol. The lowest BCUT2D eigenvalue weighted by Crippen LogP contribution is -2.33. The zero-order chi connectivity index (χ0) is 17.5. The number of anilines is 1. The van der Waals surface area contributed by atoms with E-state index in [0.717, 1.165) is 48.9 Å². The van der Waals surface area contributed by atoms with Crippen molar-refractivity contribution in [3.05, 3.63) is 30.4 Å². The molecule has 8 nitrogen and oxygen atoms in total. The number of benzene rings is 1. The van der Waals surface area contributed by atoms with Gasteiger partial charge in [-0.15, -0.1) is 10.2 Å². The highest BCUT2D eigenvalue weighted by Gasteiger charge is 2.11. The number of hydrogen-bond acceptors (Lipinski definition) is 5. The number of hydrogen-bond donors (Lipinski definition) is 2. The summed E-state index contributed by atoms with van der Waals surface area (Å²) in [5.74, 6) is 3.22. The van der Waals surface area contributed by atoms with Crippen molar-refractivity contribution in [2.75, 3.05) is 32.1 Å². The smallest absolute Gasteiger partial charge is 0.195 e. The summed E-state index contributed by atoms with van der Waals surface area (Å²) in [6.07, 6.45) is 3.51. The molecule has 0 amide bonds. The molecule has 0 aliphatic carbocycles. The molecule has 25 heavy (non-hydrogen) atoms. The standard InChI is InChI=1S/C17H24N6O2/c1-3-16-22-20-12-23(16)8-7-19-17(18-2)21-13-5-6-14-15(11-13)25-10-4-9-24-14/h5-6,11-12H,3-4,7-10H2,1-2H3,(H2,18,19,21). The summed E-state index contributed by atoms with van der Waals surface area (Å²) in [4.78, 5) is 4.26. The average molecular weight is 344 g/mol. The highest BCUT2D eigenvalue weighted by molar-refractivity contribution is 5.93. The van der Waals surface area contributed by atoms with E-state index in [2.05, 4.69) is 32.7 Å². The van der Waals surface area contributed by atoms with Crippen molar-refractivity contribution in [2.45, 2.75) is 26.3 Å². The van der Waals surface area contributed by atoms with E-state index in [4.69, 9.17) is 9.47 Å². The van der Waals surface area contributed by atoms with E-state index in [1.165, 1.54) is 0 Å². The fourth-order valence-corrected chi connectivity index (χ4v) is 2.59. The molecule has 1 aromatic carbocycles. The summed E-state index contributed by atoms with van der Waals surface area (Å²) in [6.45, 7) is 4.92. The van der Waals surface area contributed by atoms with Crippen molar-refractivity contribution in [3.8, 4) is 11.5 Å². The summed E-state index contributed by atoms with van der Waals surface area (Å²) in [5.41, 5.74) is 0.899. The third-order valence-electron chi connectivity index (χ3n) is 3.89. The molecule has 2 N–H and O–H groups in total. The summed E-state index contributed by atoms with van der Waals surface area (Å²) in [7, 11) is 1.74. The molecule has 0 atom stereocenters. The molecule has 0 unspecified atom stereocenters. The molecular formula is C17H24N6O2. The number of rotatable bonds is 5. The van der Waals surface area contributed by atoms with Crippen LogP contribution >= 0.6 is 0 Å². The van der Waals surface area contributed by atoms with Crippen LogP contribution < -0.4 is 20.1 Å². The number of aromatic nitrogens is 3. The van der Waals surface area contributed by atoms with Gasteiger partial charge < -0.3 is 24.7 Å². The summed E-state index contributed by atoms with van der Waals surface area (Å²) in [5, 5.41) is 14.6. The normalized spacial score (nSPS) is 14.1. The number of ether oxygens (including phenoxy) is 2. The SMILES string of the molecule is CCc1nncn1CCNC(=NC)Nc1ccc2c(c1)OCCCO2. The molecule has 0 bridgehead atoms. The number of aliphatic imine (C=N–C) groups is 1. The van der Waals surface area contributed by atoms with Crippen LogP contribution in [0.15, 0.2) is 29.5 Å². The van der Waals surface area contributed by atoms with Gasteiger partial charge in [-0.25, -0.2) is 0 Å². The van der Waals surface area contributed by atoms with Gasteiger partial charge in [-0.3, -0.25) is 4.99 Å². The second-order valence-corrected chi connectivity index (χ2v) is 5.63. The van der Waals surface area contributed by atoms with Crippen molar-refractivity contribution < 1.29 is 9.47 Å². The molecule has 1 aromatic heterocycles. The van der Waals surface area contributed by atoms with E-state index in [-0.39, 0.29) is 0 Å². The maximum absolute atomic E-state index is 5.72. The van der Waals surface area contributed by atoms with E-state index in [0.29, 0.717) is 19.2 Å². The van der Waals surface area contributed by atoms with Crippen LogP contribution in [0.1, 0.15) is 19.2 Å². The van der Waals surface area contributed by atoms with Crippen LogP contribution in [0.4, 0.5) is 5.69 Å². The Balaban J connectivity index is 1.56. The predicted molar refractivity (Wildman–Crippen MR) is 96.4 cm³/mol. The number of nitrogens with zero attached hydrogens (tertiary/aromatic N) is 4. The average Bonchev–Trinajstić information content (AvgIpc) is 2.96. The van der Waals surface area contributed by atoms with Crippen molar-refractivity contribution >= 4 is 11.6 Å². The Bertz CT molecular complexity index is 728. The Kier molecular flexibility index (Phi) is 5.71. The topological polar surface area (TPSA) is 85.6 Å². The largest absolute Gasteiger partial charge is 0.490 e. The maximum atomic E-state index is 5.72. The third kappa shape index (κ3) is 4.40. The Hall–Kier alpha value is -2.77. The molecule has 0 fully saturated rings. The molecule has 1 aliphatic heterocycles. The number of aryl methyl sites for hydroxylation is 1. The van der Waals surface area contributed by atoms with Gasteiger partial charge in [-0.1, -0.05) is 6.92 Å². The molecule has 2 aromatic rings. The van der Waals surface area contributed by atoms with Gasteiger partial charge in [0, 0.05) is 44.7 Å². The maximum Gasteiger partial charge on any atom is 0.195 e. The fourth-order valence-electron chi connectivity index (χ4n) is 2.59. The molecule has 134 valence electrons. The minimum atomic E-state index is 0.669. The molecule has 0 saturated carbocycles. The Morgan fingerprint density at radius 2 is 2.12 bits per heavy atom. The first-order chi connectivity index (χ1) is 12.3. The van der Waals surface area contributed by atoms with E-state index >= 15 is 0 Å². The summed E-state index contributed by atoms with van der Waals surface area (Å²) >= 11 is 0. The van der Waals surface area contributed by atoms with E-state index in [9.17, 15) is 0 Å². The molecular weight excluding hydrogens is 320 g/mol. The molecule has 0 radical (unpaired) electrons. The van der Waals surface area contributed by atoms with Gasteiger partial charge in [0.1, 0.15) is 12.2 Å². The highest BCUT2D eigenvalue weighted by Crippen LogP contribution is 2.32. The molecule has 3 rings (SSSR count). The molecule has 0 saturated heterocycles. The van der Waals surface area contributed by atoms with Crippen molar-refractivity contribution in [3.63, 3.8) is 0 Å². The zero-order valence-electron chi connectivity index (χ0n) is 14.7. The van der Waals surface area contributed by atoms with Crippen molar-refractivity contribution in [1.82, 2.24) is 20.1 Å². The molecule has 1 aliphatic rings. The van der Waals surface area contributed by atoms with Gasteiger partial charge in [-0.2, -0.15) is 0 Å². The minimum Gasteiger partial charge on any atom is -0.490 e. The van der Waals surface area contributed by atoms with Gasteiger partial charge in [0.05, 0.1) is 13.2 Å². The van der Waals surface area contributed by atoms with Gasteiger partial charge in [-0.05, 0) is 12.1 Å². The Labute approximate surface area is 147 Å². The lowest BCUT2D eigenvalue weighted by atomic mass is 10.3. The summed E-state index contributed by atoms with van der Waals surface area (Å²) in [6, 6.07) is 5.80. The number of nitrogens with one attached hydrogen (secondary N) is 2. The predicted octanol–water partition coefficient (Wildman–Crippen LogP) is 1.69. The number of fused-ring (bicyclic) bond motifs is 1. The minimum absolute atomic E-state index is 0.669. The van der Waals surface area contributed by atoms with Gasteiger partial charge in [0.2, 0.25) is 0 Å². The quantitative estimate of drug-likeness (QED) is 0.634. The molecule has 8 heteroatoms. The zero-order valence-corrected chi connectivity index (χ0v) is 14.7. The van der Waals surface area contributed by atoms with Crippen LogP contribution in [0.2, 0.25) is 0 Å².